The van der Waals surface area contributed by atoms with Crippen LogP contribution in [0.4, 0.5) is 0 Å². The average molecular weight is 574 g/mol. The second-order valence-corrected chi connectivity index (χ2v) is 9.95. The molecule has 1 aromatic heterocycles. The van der Waals surface area contributed by atoms with Gasteiger partial charge in [-0.1, -0.05) is 30.3 Å². The second-order valence-electron chi connectivity index (χ2n) is 9.95. The fraction of sp³-hybridized carbons (Fsp3) is 0.333. The first kappa shape index (κ1) is 30.5. The largest absolute Gasteiger partial charge is 0.497 e. The number of methoxy groups -OCH3 is 4. The molecule has 0 unspecified atom stereocenters. The zero-order valence-electron chi connectivity index (χ0n) is 24.7. The predicted molar refractivity (Wildman–Crippen MR) is 162 cm³/mol. The lowest BCUT2D eigenvalue weighted by molar-refractivity contribution is -0.132. The summed E-state index contributed by atoms with van der Waals surface area (Å²) in [5, 5.41) is 1.14. The fourth-order valence-corrected chi connectivity index (χ4v) is 4.87. The van der Waals surface area contributed by atoms with Crippen molar-refractivity contribution in [3.8, 4) is 17.2 Å². The van der Waals surface area contributed by atoms with Crippen molar-refractivity contribution in [2.75, 3.05) is 54.7 Å². The van der Waals surface area contributed by atoms with E-state index in [1.807, 2.05) is 53.6 Å². The first-order valence-electron chi connectivity index (χ1n) is 13.9. The number of hydrogen-bond acceptors (Lipinski definition) is 6. The van der Waals surface area contributed by atoms with Crippen molar-refractivity contribution in [2.45, 2.75) is 19.4 Å². The number of nitrogens with zero attached hydrogens (tertiary/aromatic N) is 2. The summed E-state index contributed by atoms with van der Waals surface area (Å²) in [6.45, 7) is 1.64. The monoisotopic (exact) mass is 573 g/mol. The summed E-state index contributed by atoms with van der Waals surface area (Å²) < 4.78 is 21.3. The Labute approximate surface area is 246 Å². The summed E-state index contributed by atoms with van der Waals surface area (Å²) in [6.07, 6.45) is 3.25. The van der Waals surface area contributed by atoms with Gasteiger partial charge in [0.1, 0.15) is 23.8 Å². The summed E-state index contributed by atoms with van der Waals surface area (Å²) in [5.41, 5.74) is 3.55. The maximum atomic E-state index is 13.9. The Hall–Kier alpha value is -4.50. The van der Waals surface area contributed by atoms with E-state index in [9.17, 15) is 9.59 Å². The number of benzene rings is 3. The van der Waals surface area contributed by atoms with E-state index in [1.54, 1.807) is 37.3 Å². The third-order valence-corrected chi connectivity index (χ3v) is 7.20. The number of rotatable bonds is 15. The van der Waals surface area contributed by atoms with Crippen LogP contribution in [0, 0.1) is 0 Å². The highest BCUT2D eigenvalue weighted by molar-refractivity contribution is 5.97. The fourth-order valence-electron chi connectivity index (χ4n) is 4.87. The van der Waals surface area contributed by atoms with E-state index in [4.69, 9.17) is 18.9 Å². The van der Waals surface area contributed by atoms with E-state index in [2.05, 4.69) is 11.1 Å². The van der Waals surface area contributed by atoms with Crippen LogP contribution >= 0.6 is 0 Å². The number of amides is 2. The van der Waals surface area contributed by atoms with Crippen LogP contribution in [0.1, 0.15) is 27.9 Å². The lowest BCUT2D eigenvalue weighted by Crippen LogP contribution is -2.44. The molecule has 42 heavy (non-hydrogen) atoms. The van der Waals surface area contributed by atoms with E-state index in [0.29, 0.717) is 56.1 Å². The molecule has 222 valence electrons. The van der Waals surface area contributed by atoms with Crippen molar-refractivity contribution in [1.29, 1.82) is 0 Å². The molecular formula is C33H39N3O6. The minimum absolute atomic E-state index is 0.0773. The van der Waals surface area contributed by atoms with Crippen LogP contribution in [0.3, 0.4) is 0 Å². The number of ether oxygens (including phenoxy) is 4. The van der Waals surface area contributed by atoms with Gasteiger partial charge in [0, 0.05) is 62.1 Å². The zero-order chi connectivity index (χ0) is 29.9. The van der Waals surface area contributed by atoms with Crippen molar-refractivity contribution in [2.24, 2.45) is 0 Å². The molecular weight excluding hydrogens is 534 g/mol. The highest BCUT2D eigenvalue weighted by Gasteiger charge is 2.24. The van der Waals surface area contributed by atoms with Gasteiger partial charge in [0.05, 0.1) is 21.3 Å². The standard InChI is InChI=1S/C33H39N3O6/c1-39-17-7-15-36(33(38)26-18-28(41-3)20-29(19-26)42-4)23-32(37)35(22-24-10-12-27(40-2)13-11-24)16-14-25-21-34-31-9-6-5-8-30(25)31/h5-6,8-13,18-21,34H,7,14-17,22-23H2,1-4H3. The molecule has 3 aromatic carbocycles. The van der Waals surface area contributed by atoms with Gasteiger partial charge >= 0.3 is 0 Å². The molecule has 0 radical (unpaired) electrons. The van der Waals surface area contributed by atoms with Crippen molar-refractivity contribution in [3.05, 3.63) is 89.6 Å². The van der Waals surface area contributed by atoms with E-state index in [-0.39, 0.29) is 18.4 Å². The Bertz CT molecular complexity index is 1440. The summed E-state index contributed by atoms with van der Waals surface area (Å²) in [4.78, 5) is 34.4. The Morgan fingerprint density at radius 3 is 2.14 bits per heavy atom. The van der Waals surface area contributed by atoms with Crippen LogP contribution in [0.15, 0.2) is 72.9 Å². The molecule has 0 aliphatic carbocycles. The lowest BCUT2D eigenvalue weighted by atomic mass is 10.1. The quantitative estimate of drug-likeness (QED) is 0.203. The third kappa shape index (κ3) is 7.82. The normalized spacial score (nSPS) is 10.9. The summed E-state index contributed by atoms with van der Waals surface area (Å²) in [5.74, 6) is 1.32. The van der Waals surface area contributed by atoms with Crippen molar-refractivity contribution in [3.63, 3.8) is 0 Å². The van der Waals surface area contributed by atoms with Gasteiger partial charge in [-0.25, -0.2) is 0 Å². The van der Waals surface area contributed by atoms with Gasteiger partial charge in [-0.15, -0.1) is 0 Å². The molecule has 9 heteroatoms. The lowest BCUT2D eigenvalue weighted by Gasteiger charge is -2.28. The molecule has 4 rings (SSSR count). The van der Waals surface area contributed by atoms with Crippen LogP contribution in [-0.4, -0.2) is 81.3 Å². The summed E-state index contributed by atoms with van der Waals surface area (Å²) >= 11 is 0. The number of hydrogen-bond donors (Lipinski definition) is 1. The van der Waals surface area contributed by atoms with Crippen LogP contribution < -0.4 is 14.2 Å². The van der Waals surface area contributed by atoms with Gasteiger partial charge in [-0.2, -0.15) is 0 Å². The van der Waals surface area contributed by atoms with E-state index in [1.165, 1.54) is 14.2 Å². The Morgan fingerprint density at radius 1 is 0.786 bits per heavy atom. The highest BCUT2D eigenvalue weighted by Crippen LogP contribution is 2.24. The molecule has 0 aliphatic heterocycles. The minimum atomic E-state index is -0.280. The van der Waals surface area contributed by atoms with E-state index in [0.717, 1.165) is 27.8 Å². The van der Waals surface area contributed by atoms with Crippen LogP contribution in [0.25, 0.3) is 10.9 Å². The topological polar surface area (TPSA) is 93.3 Å². The van der Waals surface area contributed by atoms with E-state index < -0.39 is 0 Å². The maximum absolute atomic E-state index is 13.9. The molecule has 0 saturated heterocycles. The molecule has 2 amide bonds. The average Bonchev–Trinajstić information content (AvgIpc) is 3.45. The summed E-state index contributed by atoms with van der Waals surface area (Å²) in [7, 11) is 6.31. The van der Waals surface area contributed by atoms with Crippen molar-refractivity contribution >= 4 is 22.7 Å². The number of para-hydroxylation sites is 1. The highest BCUT2D eigenvalue weighted by atomic mass is 16.5. The number of carbonyl (C=O) groups excluding carboxylic acids is 2. The molecule has 4 aromatic rings. The number of aromatic amines is 1. The van der Waals surface area contributed by atoms with Crippen LogP contribution in [0.2, 0.25) is 0 Å². The second kappa shape index (κ2) is 14.9. The molecule has 0 fully saturated rings. The van der Waals surface area contributed by atoms with Crippen LogP contribution in [-0.2, 0) is 22.5 Å². The maximum Gasteiger partial charge on any atom is 0.254 e. The first-order valence-corrected chi connectivity index (χ1v) is 13.9. The zero-order valence-corrected chi connectivity index (χ0v) is 24.7. The predicted octanol–water partition coefficient (Wildman–Crippen LogP) is 4.94. The molecule has 1 heterocycles. The minimum Gasteiger partial charge on any atom is -0.497 e. The molecule has 0 atom stereocenters. The molecule has 0 spiro atoms. The molecule has 0 saturated carbocycles. The van der Waals surface area contributed by atoms with Gasteiger partial charge in [0.15, 0.2) is 0 Å². The smallest absolute Gasteiger partial charge is 0.254 e. The molecule has 1 N–H and O–H groups in total. The van der Waals surface area contributed by atoms with Gasteiger partial charge in [0.25, 0.3) is 5.91 Å². The number of aromatic nitrogens is 1. The third-order valence-electron chi connectivity index (χ3n) is 7.20. The Kier molecular flexibility index (Phi) is 10.8. The molecule has 0 aliphatic rings. The Balaban J connectivity index is 1.58. The SMILES string of the molecule is COCCCN(CC(=O)N(CCc1c[nH]c2ccccc12)Cc1ccc(OC)cc1)C(=O)c1cc(OC)cc(OC)c1. The first-order chi connectivity index (χ1) is 20.4. The molecule has 9 nitrogen and oxygen atoms in total. The number of H-pyrrole nitrogens is 1. The number of nitrogens with one attached hydrogen (secondary N) is 1. The van der Waals surface area contributed by atoms with Crippen LogP contribution in [0.5, 0.6) is 17.2 Å². The number of carbonyl (C=O) groups is 2. The van der Waals surface area contributed by atoms with Gasteiger partial charge in [0.2, 0.25) is 5.91 Å². The molecule has 0 bridgehead atoms. The Morgan fingerprint density at radius 2 is 1.48 bits per heavy atom. The van der Waals surface area contributed by atoms with Gasteiger partial charge < -0.3 is 33.7 Å². The van der Waals surface area contributed by atoms with Gasteiger partial charge in [-0.3, -0.25) is 9.59 Å². The summed E-state index contributed by atoms with van der Waals surface area (Å²) in [6, 6.07) is 20.8. The number of fused-ring (bicyclic) bond motifs is 1. The van der Waals surface area contributed by atoms with E-state index >= 15 is 0 Å². The van der Waals surface area contributed by atoms with Crippen molar-refractivity contribution in [1.82, 2.24) is 14.8 Å². The van der Waals surface area contributed by atoms with Gasteiger partial charge in [-0.05, 0) is 54.3 Å². The van der Waals surface area contributed by atoms with Crippen molar-refractivity contribution < 1.29 is 28.5 Å².